The van der Waals surface area contributed by atoms with E-state index in [1.807, 2.05) is 24.6 Å². The Labute approximate surface area is 185 Å². The molecule has 4 heterocycles. The molecule has 158 valence electrons. The highest BCUT2D eigenvalue weighted by molar-refractivity contribution is 7.09. The van der Waals surface area contributed by atoms with Crippen LogP contribution in [0.3, 0.4) is 0 Å². The molecular formula is C20H25ClN8S. The van der Waals surface area contributed by atoms with Crippen LogP contribution in [0.4, 0.5) is 5.69 Å². The Bertz CT molecular complexity index is 992. The van der Waals surface area contributed by atoms with Crippen LogP contribution in [0, 0.1) is 6.92 Å². The van der Waals surface area contributed by atoms with E-state index in [4.69, 9.17) is 16.6 Å². The molecule has 3 aromatic heterocycles. The maximum absolute atomic E-state index is 6.33. The molecule has 0 aliphatic carbocycles. The van der Waals surface area contributed by atoms with Gasteiger partial charge in [0.1, 0.15) is 12.4 Å². The number of pyridine rings is 1. The fourth-order valence-corrected chi connectivity index (χ4v) is 4.25. The molecule has 1 aliphatic heterocycles. The third-order valence-corrected chi connectivity index (χ3v) is 6.39. The number of anilines is 1. The molecule has 0 unspecified atom stereocenters. The molecule has 0 atom stereocenters. The number of piperazine rings is 1. The molecule has 1 N–H and O–H groups in total. The fraction of sp³-hybridized carbons (Fsp3) is 0.400. The van der Waals surface area contributed by atoms with Gasteiger partial charge in [-0.05, 0) is 24.4 Å². The van der Waals surface area contributed by atoms with E-state index in [0.29, 0.717) is 11.6 Å². The quantitative estimate of drug-likeness (QED) is 0.481. The maximum Gasteiger partial charge on any atom is 0.194 e. The van der Waals surface area contributed by atoms with Crippen LogP contribution in [0.25, 0.3) is 0 Å². The van der Waals surface area contributed by atoms with Crippen molar-refractivity contribution in [3.05, 3.63) is 57.5 Å². The van der Waals surface area contributed by atoms with Gasteiger partial charge in [-0.25, -0.2) is 4.99 Å². The largest absolute Gasteiger partial charge is 0.367 e. The van der Waals surface area contributed by atoms with Crippen LogP contribution in [0.15, 0.2) is 41.0 Å². The third-order valence-electron chi connectivity index (χ3n) is 5.22. The van der Waals surface area contributed by atoms with Crippen molar-refractivity contribution in [1.29, 1.82) is 0 Å². The van der Waals surface area contributed by atoms with Crippen molar-refractivity contribution in [1.82, 2.24) is 30.0 Å². The highest BCUT2D eigenvalue weighted by atomic mass is 35.5. The lowest BCUT2D eigenvalue weighted by atomic mass is 10.2. The van der Waals surface area contributed by atoms with Gasteiger partial charge in [0.2, 0.25) is 0 Å². The highest BCUT2D eigenvalue weighted by Gasteiger charge is 2.21. The number of thiophene rings is 1. The summed E-state index contributed by atoms with van der Waals surface area (Å²) in [5.74, 6) is 2.63. The summed E-state index contributed by atoms with van der Waals surface area (Å²) in [7, 11) is 1.97. The van der Waals surface area contributed by atoms with Gasteiger partial charge in [0, 0.05) is 50.5 Å². The summed E-state index contributed by atoms with van der Waals surface area (Å²) in [4.78, 5) is 14.8. The van der Waals surface area contributed by atoms with Crippen LogP contribution >= 0.6 is 22.9 Å². The number of rotatable bonds is 5. The van der Waals surface area contributed by atoms with Gasteiger partial charge in [-0.15, -0.1) is 21.5 Å². The summed E-state index contributed by atoms with van der Waals surface area (Å²) >= 11 is 8.07. The maximum atomic E-state index is 6.33. The average molecular weight is 445 g/mol. The first kappa shape index (κ1) is 20.6. The molecule has 3 aromatic rings. The molecule has 0 amide bonds. The first-order chi connectivity index (χ1) is 14.6. The van der Waals surface area contributed by atoms with Gasteiger partial charge in [-0.1, -0.05) is 17.7 Å². The number of nitrogens with one attached hydrogen (secondary N) is 1. The Kier molecular flexibility index (Phi) is 6.49. The van der Waals surface area contributed by atoms with E-state index in [1.54, 1.807) is 23.7 Å². The summed E-state index contributed by atoms with van der Waals surface area (Å²) in [6.45, 7) is 6.63. The smallest absolute Gasteiger partial charge is 0.194 e. The lowest BCUT2D eigenvalue weighted by Crippen LogP contribution is -2.52. The van der Waals surface area contributed by atoms with Gasteiger partial charge in [0.05, 0.1) is 17.3 Å². The van der Waals surface area contributed by atoms with Crippen LogP contribution < -0.4 is 10.2 Å². The van der Waals surface area contributed by atoms with Crippen molar-refractivity contribution < 1.29 is 0 Å². The van der Waals surface area contributed by atoms with Gasteiger partial charge in [0.15, 0.2) is 11.8 Å². The van der Waals surface area contributed by atoms with Crippen LogP contribution in [-0.4, -0.2) is 56.8 Å². The predicted octanol–water partition coefficient (Wildman–Crippen LogP) is 2.70. The molecule has 0 aromatic carbocycles. The minimum Gasteiger partial charge on any atom is -0.367 e. The number of aromatic nitrogens is 4. The minimum atomic E-state index is 0.487. The highest BCUT2D eigenvalue weighted by Crippen LogP contribution is 2.25. The standard InChI is InChI=1S/C20H25ClN8S/c1-15-25-26-19(27(15)2)14-24-20(23-12-16-4-3-11-30-16)29-9-7-28(8-10-29)18-5-6-22-13-17(18)21/h3-6,11,13H,7-10,12,14H2,1-2H3,(H,23,24). The second-order valence-electron chi connectivity index (χ2n) is 7.10. The number of halogens is 1. The van der Waals surface area contributed by atoms with E-state index in [1.165, 1.54) is 4.88 Å². The van der Waals surface area contributed by atoms with Gasteiger partial charge >= 0.3 is 0 Å². The third kappa shape index (κ3) is 4.73. The Morgan fingerprint density at radius 3 is 2.73 bits per heavy atom. The summed E-state index contributed by atoms with van der Waals surface area (Å²) in [6.07, 6.45) is 3.48. The van der Waals surface area contributed by atoms with E-state index in [-0.39, 0.29) is 0 Å². The number of aliphatic imine (C=N–C) groups is 1. The molecule has 10 heteroatoms. The van der Waals surface area contributed by atoms with Gasteiger partial charge in [-0.2, -0.15) is 0 Å². The zero-order valence-electron chi connectivity index (χ0n) is 17.1. The SMILES string of the molecule is Cc1nnc(CN=C(NCc2cccs2)N2CCN(c3ccncc3Cl)CC2)n1C. The Balaban J connectivity index is 1.45. The van der Waals surface area contributed by atoms with Crippen LogP contribution in [0.5, 0.6) is 0 Å². The zero-order chi connectivity index (χ0) is 20.9. The van der Waals surface area contributed by atoms with E-state index in [9.17, 15) is 0 Å². The van der Waals surface area contributed by atoms with E-state index >= 15 is 0 Å². The number of hydrogen-bond donors (Lipinski definition) is 1. The lowest BCUT2D eigenvalue weighted by molar-refractivity contribution is 0.371. The molecule has 30 heavy (non-hydrogen) atoms. The molecule has 0 bridgehead atoms. The van der Waals surface area contributed by atoms with E-state index in [2.05, 4.69) is 47.8 Å². The van der Waals surface area contributed by atoms with Gasteiger partial charge in [-0.3, -0.25) is 4.98 Å². The molecule has 8 nitrogen and oxygen atoms in total. The fourth-order valence-electron chi connectivity index (χ4n) is 3.36. The van der Waals surface area contributed by atoms with Gasteiger partial charge in [0.25, 0.3) is 0 Å². The second-order valence-corrected chi connectivity index (χ2v) is 8.54. The molecule has 1 saturated heterocycles. The van der Waals surface area contributed by atoms with Crippen LogP contribution in [0.2, 0.25) is 5.02 Å². The molecule has 0 radical (unpaired) electrons. The number of aryl methyl sites for hydroxylation is 1. The van der Waals surface area contributed by atoms with Gasteiger partial charge < -0.3 is 19.7 Å². The molecule has 1 fully saturated rings. The number of hydrogen-bond acceptors (Lipinski definition) is 6. The predicted molar refractivity (Wildman–Crippen MR) is 121 cm³/mol. The van der Waals surface area contributed by atoms with Crippen molar-refractivity contribution in [2.75, 3.05) is 31.1 Å². The average Bonchev–Trinajstić information content (AvgIpc) is 3.40. The molecule has 0 saturated carbocycles. The first-order valence-corrected chi connectivity index (χ1v) is 11.1. The lowest BCUT2D eigenvalue weighted by Gasteiger charge is -2.38. The first-order valence-electron chi connectivity index (χ1n) is 9.87. The Morgan fingerprint density at radius 1 is 1.23 bits per heavy atom. The van der Waals surface area contributed by atoms with Crippen molar-refractivity contribution in [3.63, 3.8) is 0 Å². The van der Waals surface area contributed by atoms with Crippen LogP contribution in [0.1, 0.15) is 16.5 Å². The van der Waals surface area contributed by atoms with Crippen molar-refractivity contribution in [2.24, 2.45) is 12.0 Å². The summed E-state index contributed by atoms with van der Waals surface area (Å²) in [6, 6.07) is 6.17. The van der Waals surface area contributed by atoms with E-state index < -0.39 is 0 Å². The van der Waals surface area contributed by atoms with Crippen LogP contribution in [-0.2, 0) is 20.1 Å². The topological polar surface area (TPSA) is 74.5 Å². The number of nitrogens with zero attached hydrogens (tertiary/aromatic N) is 7. The second kappa shape index (κ2) is 9.44. The summed E-state index contributed by atoms with van der Waals surface area (Å²) < 4.78 is 1.98. The summed E-state index contributed by atoms with van der Waals surface area (Å²) in [5, 5.41) is 14.7. The van der Waals surface area contributed by atoms with Crippen molar-refractivity contribution in [2.45, 2.75) is 20.0 Å². The van der Waals surface area contributed by atoms with Crippen molar-refractivity contribution in [3.8, 4) is 0 Å². The molecule has 0 spiro atoms. The molecule has 1 aliphatic rings. The summed E-state index contributed by atoms with van der Waals surface area (Å²) in [5.41, 5.74) is 1.03. The monoisotopic (exact) mass is 444 g/mol. The van der Waals surface area contributed by atoms with E-state index in [0.717, 1.165) is 56.0 Å². The Morgan fingerprint density at radius 2 is 2.07 bits per heavy atom. The molecular weight excluding hydrogens is 420 g/mol. The molecule has 4 rings (SSSR count). The Hall–Kier alpha value is -2.65. The minimum absolute atomic E-state index is 0.487. The normalized spacial score (nSPS) is 15.0. The van der Waals surface area contributed by atoms with Crippen molar-refractivity contribution >= 4 is 34.6 Å². The zero-order valence-corrected chi connectivity index (χ0v) is 18.7. The number of guanidine groups is 1.